The van der Waals surface area contributed by atoms with Crippen LogP contribution in [0.3, 0.4) is 0 Å². The molecule has 2 nitrogen and oxygen atoms in total. The van der Waals surface area contributed by atoms with Crippen LogP contribution in [0.15, 0.2) is 29.2 Å². The molecule has 0 aliphatic heterocycles. The van der Waals surface area contributed by atoms with E-state index in [1.54, 1.807) is 11.8 Å². The zero-order valence-corrected chi connectivity index (χ0v) is 15.3. The van der Waals surface area contributed by atoms with Crippen LogP contribution < -0.4 is 0 Å². The number of esters is 1. The minimum Gasteiger partial charge on any atom is -0.468 e. The maximum atomic E-state index is 11.4. The van der Waals surface area contributed by atoms with E-state index >= 15 is 0 Å². The van der Waals surface area contributed by atoms with Gasteiger partial charge in [-0.2, -0.15) is 0 Å². The highest BCUT2D eigenvalue weighted by atomic mass is 32.2. The Morgan fingerprint density at radius 2 is 1.91 bits per heavy atom. The Balaban J connectivity index is 2.04. The first-order valence-electron chi connectivity index (χ1n) is 8.05. The van der Waals surface area contributed by atoms with Gasteiger partial charge in [0.25, 0.3) is 0 Å². The molecule has 22 heavy (non-hydrogen) atoms. The molecule has 1 aliphatic carbocycles. The first-order valence-corrected chi connectivity index (χ1v) is 9.98. The SMILES string of the molecule is COC(=O)CS[C@@H]1CCCC[C@H]1Sc1ccccc1C(C)C. The van der Waals surface area contributed by atoms with E-state index in [4.69, 9.17) is 4.74 Å². The molecule has 1 fully saturated rings. The second-order valence-corrected chi connectivity index (χ2v) is 8.57. The fourth-order valence-electron chi connectivity index (χ4n) is 2.85. The quantitative estimate of drug-likeness (QED) is 0.673. The lowest BCUT2D eigenvalue weighted by Crippen LogP contribution is -2.26. The molecule has 0 bridgehead atoms. The normalized spacial score (nSPS) is 21.8. The van der Waals surface area contributed by atoms with Gasteiger partial charge in [0.05, 0.1) is 12.9 Å². The highest BCUT2D eigenvalue weighted by Crippen LogP contribution is 2.41. The van der Waals surface area contributed by atoms with Crippen LogP contribution in [0.25, 0.3) is 0 Å². The second kappa shape index (κ2) is 8.88. The number of carbonyl (C=O) groups excluding carboxylic acids is 1. The molecule has 122 valence electrons. The summed E-state index contributed by atoms with van der Waals surface area (Å²) in [5, 5.41) is 1.15. The molecule has 4 heteroatoms. The Hall–Kier alpha value is -0.610. The highest BCUT2D eigenvalue weighted by Gasteiger charge is 2.27. The third-order valence-electron chi connectivity index (χ3n) is 4.10. The number of hydrogen-bond donors (Lipinski definition) is 0. The Morgan fingerprint density at radius 1 is 1.23 bits per heavy atom. The lowest BCUT2D eigenvalue weighted by Gasteiger charge is -2.31. The summed E-state index contributed by atoms with van der Waals surface area (Å²) in [6, 6.07) is 8.75. The van der Waals surface area contributed by atoms with Crippen LogP contribution in [0, 0.1) is 0 Å². The average molecular weight is 339 g/mol. The number of methoxy groups -OCH3 is 1. The number of thioether (sulfide) groups is 2. The molecule has 1 aromatic carbocycles. The molecule has 0 heterocycles. The van der Waals surface area contributed by atoms with Crippen molar-refractivity contribution in [1.29, 1.82) is 0 Å². The van der Waals surface area contributed by atoms with E-state index in [0.717, 1.165) is 0 Å². The van der Waals surface area contributed by atoms with Gasteiger partial charge in [0, 0.05) is 15.4 Å². The fourth-order valence-corrected chi connectivity index (χ4v) is 5.90. The van der Waals surface area contributed by atoms with E-state index in [1.807, 2.05) is 11.8 Å². The molecule has 2 rings (SSSR count). The lowest BCUT2D eigenvalue weighted by molar-refractivity contribution is -0.137. The fraction of sp³-hybridized carbons (Fsp3) is 0.611. The molecule has 0 aromatic heterocycles. The first-order chi connectivity index (χ1) is 10.6. The molecule has 0 N–H and O–H groups in total. The van der Waals surface area contributed by atoms with Crippen LogP contribution in [0.2, 0.25) is 0 Å². The molecular formula is C18H26O2S2. The molecule has 1 saturated carbocycles. The average Bonchev–Trinajstić information content (AvgIpc) is 2.54. The molecule has 0 saturated heterocycles. The monoisotopic (exact) mass is 338 g/mol. The van der Waals surface area contributed by atoms with E-state index in [9.17, 15) is 4.79 Å². The largest absolute Gasteiger partial charge is 0.468 e. The van der Waals surface area contributed by atoms with Crippen molar-refractivity contribution in [3.63, 3.8) is 0 Å². The molecule has 1 aromatic rings. The number of hydrogen-bond acceptors (Lipinski definition) is 4. The van der Waals surface area contributed by atoms with E-state index in [-0.39, 0.29) is 5.97 Å². The summed E-state index contributed by atoms with van der Waals surface area (Å²) in [4.78, 5) is 12.8. The van der Waals surface area contributed by atoms with Crippen molar-refractivity contribution in [3.05, 3.63) is 29.8 Å². The Labute approximate surface area is 142 Å². The Morgan fingerprint density at radius 3 is 2.59 bits per heavy atom. The van der Waals surface area contributed by atoms with Crippen LogP contribution in [-0.2, 0) is 9.53 Å². The standard InChI is InChI=1S/C18H26O2S2/c1-13(2)14-8-4-5-9-15(14)22-17-11-7-6-10-16(17)21-12-18(19)20-3/h4-5,8-9,13,16-17H,6-7,10-12H2,1-3H3/t16-,17-/m1/s1. The van der Waals surface area contributed by atoms with E-state index in [1.165, 1.54) is 43.3 Å². The van der Waals surface area contributed by atoms with Crippen LogP contribution >= 0.6 is 23.5 Å². The maximum absolute atomic E-state index is 11.4. The van der Waals surface area contributed by atoms with Gasteiger partial charge >= 0.3 is 5.97 Å². The second-order valence-electron chi connectivity index (χ2n) is 6.06. The van der Waals surface area contributed by atoms with Gasteiger partial charge in [-0.3, -0.25) is 4.79 Å². The van der Waals surface area contributed by atoms with Gasteiger partial charge < -0.3 is 4.74 Å². The zero-order chi connectivity index (χ0) is 15.9. The summed E-state index contributed by atoms with van der Waals surface area (Å²) < 4.78 is 4.78. The van der Waals surface area contributed by atoms with Crippen molar-refractivity contribution in [3.8, 4) is 0 Å². The van der Waals surface area contributed by atoms with Crippen molar-refractivity contribution in [2.75, 3.05) is 12.9 Å². The van der Waals surface area contributed by atoms with Gasteiger partial charge in [-0.1, -0.05) is 44.9 Å². The summed E-state index contributed by atoms with van der Waals surface area (Å²) in [6.45, 7) is 4.51. The smallest absolute Gasteiger partial charge is 0.315 e. The van der Waals surface area contributed by atoms with Crippen molar-refractivity contribution in [1.82, 2.24) is 0 Å². The summed E-state index contributed by atoms with van der Waals surface area (Å²) in [7, 11) is 1.47. The van der Waals surface area contributed by atoms with Crippen molar-refractivity contribution in [2.45, 2.75) is 60.8 Å². The van der Waals surface area contributed by atoms with Crippen LogP contribution in [0.4, 0.5) is 0 Å². The predicted octanol–water partition coefficient (Wildman–Crippen LogP) is 5.12. The van der Waals surface area contributed by atoms with Gasteiger partial charge in [-0.25, -0.2) is 0 Å². The van der Waals surface area contributed by atoms with Crippen LogP contribution in [-0.4, -0.2) is 29.3 Å². The summed E-state index contributed by atoms with van der Waals surface area (Å²) >= 11 is 3.79. The number of ether oxygens (including phenoxy) is 1. The minimum atomic E-state index is -0.109. The molecule has 2 atom stereocenters. The van der Waals surface area contributed by atoms with Gasteiger partial charge in [0.15, 0.2) is 0 Å². The number of rotatable bonds is 6. The number of carbonyl (C=O) groups is 1. The minimum absolute atomic E-state index is 0.109. The van der Waals surface area contributed by atoms with E-state index in [0.29, 0.717) is 22.2 Å². The molecule has 0 amide bonds. The van der Waals surface area contributed by atoms with E-state index < -0.39 is 0 Å². The van der Waals surface area contributed by atoms with Crippen molar-refractivity contribution in [2.24, 2.45) is 0 Å². The van der Waals surface area contributed by atoms with Crippen LogP contribution in [0.5, 0.6) is 0 Å². The Bertz CT molecular complexity index is 488. The predicted molar refractivity (Wildman–Crippen MR) is 96.9 cm³/mol. The molecular weight excluding hydrogens is 312 g/mol. The topological polar surface area (TPSA) is 26.3 Å². The van der Waals surface area contributed by atoms with Crippen molar-refractivity contribution < 1.29 is 9.53 Å². The van der Waals surface area contributed by atoms with E-state index in [2.05, 4.69) is 38.1 Å². The third-order valence-corrected chi connectivity index (χ3v) is 7.16. The lowest BCUT2D eigenvalue weighted by atomic mass is 10.00. The number of benzene rings is 1. The molecule has 0 radical (unpaired) electrons. The highest BCUT2D eigenvalue weighted by molar-refractivity contribution is 8.04. The summed E-state index contributed by atoms with van der Waals surface area (Å²) in [5.74, 6) is 0.916. The van der Waals surface area contributed by atoms with Gasteiger partial charge in [-0.05, 0) is 30.4 Å². The maximum Gasteiger partial charge on any atom is 0.315 e. The third kappa shape index (κ3) is 4.95. The Kier molecular flexibility index (Phi) is 7.16. The van der Waals surface area contributed by atoms with Crippen LogP contribution in [0.1, 0.15) is 51.0 Å². The zero-order valence-electron chi connectivity index (χ0n) is 13.7. The first kappa shape index (κ1) is 17.7. The van der Waals surface area contributed by atoms with Gasteiger partial charge in [-0.15, -0.1) is 23.5 Å². The summed E-state index contributed by atoms with van der Waals surface area (Å²) in [6.07, 6.45) is 5.04. The summed E-state index contributed by atoms with van der Waals surface area (Å²) in [5.41, 5.74) is 1.44. The van der Waals surface area contributed by atoms with Gasteiger partial charge in [0.1, 0.15) is 0 Å². The van der Waals surface area contributed by atoms with Crippen molar-refractivity contribution >= 4 is 29.5 Å². The molecule has 1 aliphatic rings. The van der Waals surface area contributed by atoms with Gasteiger partial charge in [0.2, 0.25) is 0 Å². The molecule has 0 unspecified atom stereocenters. The molecule has 0 spiro atoms.